The summed E-state index contributed by atoms with van der Waals surface area (Å²) in [4.78, 5) is 15.0. The molecular weight excluding hydrogens is 495 g/mol. The van der Waals surface area contributed by atoms with E-state index < -0.39 is 4.92 Å². The van der Waals surface area contributed by atoms with Gasteiger partial charge in [-0.15, -0.1) is 0 Å². The molecule has 154 valence electrons. The third-order valence-electron chi connectivity index (χ3n) is 4.33. The predicted molar refractivity (Wildman–Crippen MR) is 126 cm³/mol. The summed E-state index contributed by atoms with van der Waals surface area (Å²) in [5, 5.41) is 10.8. The van der Waals surface area contributed by atoms with E-state index in [4.69, 9.17) is 9.47 Å². The van der Waals surface area contributed by atoms with Gasteiger partial charge in [-0.1, -0.05) is 18.2 Å². The Balaban J connectivity index is 1.80. The quantitative estimate of drug-likeness (QED) is 0.154. The van der Waals surface area contributed by atoms with Crippen LogP contribution in [0.15, 0.2) is 65.7 Å². The van der Waals surface area contributed by atoms with Gasteiger partial charge in [0.25, 0.3) is 5.69 Å². The summed E-state index contributed by atoms with van der Waals surface area (Å²) in [6.45, 7) is 4.73. The average Bonchev–Trinajstić information content (AvgIpc) is 2.73. The van der Waals surface area contributed by atoms with Gasteiger partial charge < -0.3 is 9.47 Å². The summed E-state index contributed by atoms with van der Waals surface area (Å²) < 4.78 is 12.7. The first-order chi connectivity index (χ1) is 14.5. The molecule has 0 aromatic heterocycles. The Kier molecular flexibility index (Phi) is 7.40. The largest absolute Gasteiger partial charge is 0.490 e. The van der Waals surface area contributed by atoms with Crippen molar-refractivity contribution in [3.63, 3.8) is 0 Å². The Labute approximate surface area is 188 Å². The van der Waals surface area contributed by atoms with Crippen molar-refractivity contribution >= 4 is 40.2 Å². The van der Waals surface area contributed by atoms with Crippen LogP contribution in [0.3, 0.4) is 0 Å². The highest BCUT2D eigenvalue weighted by Crippen LogP contribution is 2.35. The molecule has 6 nitrogen and oxygen atoms in total. The molecule has 0 radical (unpaired) electrons. The van der Waals surface area contributed by atoms with Gasteiger partial charge in [-0.05, 0) is 83.5 Å². The van der Waals surface area contributed by atoms with Gasteiger partial charge in [0.1, 0.15) is 6.61 Å². The average molecular weight is 516 g/mol. The molecule has 0 heterocycles. The fraction of sp³-hybridized carbons (Fsp3) is 0.174. The fourth-order valence-corrected chi connectivity index (χ4v) is 3.57. The lowest BCUT2D eigenvalue weighted by molar-refractivity contribution is -0.384. The van der Waals surface area contributed by atoms with Crippen LogP contribution in [0.25, 0.3) is 0 Å². The number of nitro groups is 1. The molecule has 7 heteroatoms. The van der Waals surface area contributed by atoms with E-state index in [-0.39, 0.29) is 12.3 Å². The predicted octanol–water partition coefficient (Wildman–Crippen LogP) is 6.24. The van der Waals surface area contributed by atoms with Gasteiger partial charge in [0.15, 0.2) is 11.5 Å². The van der Waals surface area contributed by atoms with Gasteiger partial charge >= 0.3 is 0 Å². The molecule has 0 aliphatic heterocycles. The Bertz CT molecular complexity index is 1070. The molecule has 0 spiro atoms. The van der Waals surface area contributed by atoms with Gasteiger partial charge in [0.2, 0.25) is 0 Å². The van der Waals surface area contributed by atoms with E-state index in [2.05, 4.69) is 27.6 Å². The normalized spacial score (nSPS) is 10.9. The second-order valence-corrected chi connectivity index (χ2v) is 7.68. The first kappa shape index (κ1) is 21.8. The molecule has 3 aromatic rings. The van der Waals surface area contributed by atoms with Gasteiger partial charge in [0, 0.05) is 18.3 Å². The Morgan fingerprint density at radius 2 is 1.83 bits per heavy atom. The van der Waals surface area contributed by atoms with E-state index in [1.807, 2.05) is 56.5 Å². The van der Waals surface area contributed by atoms with Crippen molar-refractivity contribution in [3.8, 4) is 11.5 Å². The monoisotopic (exact) mass is 516 g/mol. The van der Waals surface area contributed by atoms with Crippen molar-refractivity contribution in [2.45, 2.75) is 20.5 Å². The van der Waals surface area contributed by atoms with Crippen LogP contribution in [-0.2, 0) is 6.61 Å². The second kappa shape index (κ2) is 10.2. The molecule has 3 rings (SSSR count). The number of hydrogen-bond donors (Lipinski definition) is 0. The van der Waals surface area contributed by atoms with Crippen LogP contribution >= 0.6 is 22.6 Å². The molecule has 0 aliphatic rings. The van der Waals surface area contributed by atoms with Gasteiger partial charge in [-0.3, -0.25) is 15.1 Å². The van der Waals surface area contributed by atoms with E-state index in [9.17, 15) is 10.1 Å². The van der Waals surface area contributed by atoms with Crippen molar-refractivity contribution < 1.29 is 14.4 Å². The highest BCUT2D eigenvalue weighted by molar-refractivity contribution is 14.1. The SMILES string of the molecule is CCOc1cc(C=Nc2ccccc2C)cc(I)c1OCc1ccc([N+](=O)[O-])cc1. The second-order valence-electron chi connectivity index (χ2n) is 6.52. The number of aliphatic imine (C=N–C) groups is 1. The highest BCUT2D eigenvalue weighted by Gasteiger charge is 2.13. The molecule has 0 N–H and O–H groups in total. The Morgan fingerprint density at radius 1 is 1.10 bits per heavy atom. The van der Waals surface area contributed by atoms with Crippen LogP contribution in [0.4, 0.5) is 11.4 Å². The number of halogens is 1. The van der Waals surface area contributed by atoms with Crippen molar-refractivity contribution in [2.24, 2.45) is 4.99 Å². The van der Waals surface area contributed by atoms with E-state index in [0.717, 1.165) is 25.9 Å². The smallest absolute Gasteiger partial charge is 0.269 e. The number of ether oxygens (including phenoxy) is 2. The number of rotatable bonds is 8. The molecule has 0 saturated carbocycles. The number of nitrogens with zero attached hydrogens (tertiary/aromatic N) is 2. The molecule has 0 unspecified atom stereocenters. The summed E-state index contributed by atoms with van der Waals surface area (Å²) in [6, 6.07) is 18.2. The van der Waals surface area contributed by atoms with Crippen LogP contribution in [0.2, 0.25) is 0 Å². The van der Waals surface area contributed by atoms with Crippen LogP contribution < -0.4 is 9.47 Å². The molecule has 3 aromatic carbocycles. The molecule has 0 amide bonds. The van der Waals surface area contributed by atoms with E-state index in [0.29, 0.717) is 18.1 Å². The molecule has 0 bridgehead atoms. The van der Waals surface area contributed by atoms with Crippen molar-refractivity contribution in [3.05, 3.63) is 91.0 Å². The topological polar surface area (TPSA) is 74.0 Å². The summed E-state index contributed by atoms with van der Waals surface area (Å²) in [5.41, 5.74) is 3.83. The maximum atomic E-state index is 10.8. The lowest BCUT2D eigenvalue weighted by Crippen LogP contribution is -2.02. The van der Waals surface area contributed by atoms with Crippen LogP contribution in [0.1, 0.15) is 23.6 Å². The third kappa shape index (κ3) is 5.56. The molecular formula is C23H21IN2O4. The summed E-state index contributed by atoms with van der Waals surface area (Å²) >= 11 is 2.21. The van der Waals surface area contributed by atoms with Crippen molar-refractivity contribution in [1.82, 2.24) is 0 Å². The van der Waals surface area contributed by atoms with Crippen LogP contribution in [0, 0.1) is 20.6 Å². The number of nitro benzene ring substituents is 1. The minimum absolute atomic E-state index is 0.0561. The molecule has 0 atom stereocenters. The molecule has 30 heavy (non-hydrogen) atoms. The van der Waals surface area contributed by atoms with Crippen LogP contribution in [-0.4, -0.2) is 17.7 Å². The van der Waals surface area contributed by atoms with Crippen molar-refractivity contribution in [2.75, 3.05) is 6.61 Å². The maximum absolute atomic E-state index is 10.8. The lowest BCUT2D eigenvalue weighted by atomic mass is 10.2. The zero-order valence-electron chi connectivity index (χ0n) is 16.7. The van der Waals surface area contributed by atoms with E-state index in [1.165, 1.54) is 12.1 Å². The molecule has 0 saturated heterocycles. The number of non-ortho nitro benzene ring substituents is 1. The van der Waals surface area contributed by atoms with Gasteiger partial charge in [-0.2, -0.15) is 0 Å². The first-order valence-electron chi connectivity index (χ1n) is 9.40. The third-order valence-corrected chi connectivity index (χ3v) is 5.13. The molecule has 0 fully saturated rings. The fourth-order valence-electron chi connectivity index (χ4n) is 2.79. The van der Waals surface area contributed by atoms with E-state index >= 15 is 0 Å². The zero-order chi connectivity index (χ0) is 21.5. The standard InChI is InChI=1S/C23H21IN2O4/c1-3-29-22-13-18(14-25-21-7-5-4-6-16(21)2)12-20(24)23(22)30-15-17-8-10-19(11-9-17)26(27)28/h4-14H,3,15H2,1-2H3. The Morgan fingerprint density at radius 3 is 2.50 bits per heavy atom. The minimum Gasteiger partial charge on any atom is -0.490 e. The number of para-hydroxylation sites is 1. The lowest BCUT2D eigenvalue weighted by Gasteiger charge is -2.15. The first-order valence-corrected chi connectivity index (χ1v) is 10.5. The minimum atomic E-state index is -0.419. The maximum Gasteiger partial charge on any atom is 0.269 e. The summed E-state index contributed by atoms with van der Waals surface area (Å²) in [5.74, 6) is 1.28. The number of hydrogen-bond acceptors (Lipinski definition) is 5. The zero-order valence-corrected chi connectivity index (χ0v) is 18.8. The summed E-state index contributed by atoms with van der Waals surface area (Å²) in [6.07, 6.45) is 1.81. The van der Waals surface area contributed by atoms with Crippen molar-refractivity contribution in [1.29, 1.82) is 0 Å². The summed E-state index contributed by atoms with van der Waals surface area (Å²) in [7, 11) is 0. The van der Waals surface area contributed by atoms with Crippen LogP contribution in [0.5, 0.6) is 11.5 Å². The Hall–Kier alpha value is -2.94. The number of benzene rings is 3. The van der Waals surface area contributed by atoms with Gasteiger partial charge in [0.05, 0.1) is 20.8 Å². The van der Waals surface area contributed by atoms with E-state index in [1.54, 1.807) is 12.1 Å². The van der Waals surface area contributed by atoms with Gasteiger partial charge in [-0.25, -0.2) is 0 Å². The number of aryl methyl sites for hydroxylation is 1. The molecule has 0 aliphatic carbocycles. The highest BCUT2D eigenvalue weighted by atomic mass is 127.